The lowest BCUT2D eigenvalue weighted by Crippen LogP contribution is -2.24. The first-order chi connectivity index (χ1) is 8.74. The summed E-state index contributed by atoms with van der Waals surface area (Å²) in [5.41, 5.74) is 7.27. The van der Waals surface area contributed by atoms with Crippen molar-refractivity contribution in [1.82, 2.24) is 19.5 Å². The van der Waals surface area contributed by atoms with E-state index in [1.54, 1.807) is 4.52 Å². The number of nitrogens with two attached hydrogens (primary N) is 1. The molecule has 1 aliphatic rings. The van der Waals surface area contributed by atoms with Gasteiger partial charge in [-0.3, -0.25) is 0 Å². The first kappa shape index (κ1) is 11.4. The van der Waals surface area contributed by atoms with Crippen molar-refractivity contribution in [3.63, 3.8) is 0 Å². The first-order valence-electron chi connectivity index (χ1n) is 6.25. The highest BCUT2D eigenvalue weighted by Crippen LogP contribution is 2.13. The van der Waals surface area contributed by atoms with Crippen LogP contribution < -0.4 is 11.1 Å². The molecule has 6 nitrogen and oxygen atoms in total. The summed E-state index contributed by atoms with van der Waals surface area (Å²) in [5, 5.41) is 7.96. The highest BCUT2D eigenvalue weighted by molar-refractivity contribution is 5.45. The lowest BCUT2D eigenvalue weighted by molar-refractivity contribution is 0.414. The molecule has 18 heavy (non-hydrogen) atoms. The molecule has 1 aliphatic heterocycles. The van der Waals surface area contributed by atoms with Crippen LogP contribution in [0, 0.1) is 0 Å². The monoisotopic (exact) mass is 246 g/mol. The Morgan fingerprint density at radius 1 is 1.50 bits per heavy atom. The minimum Gasteiger partial charge on any atom is -0.365 e. The Labute approximate surface area is 106 Å². The molecule has 3 N–H and O–H groups in total. The van der Waals surface area contributed by atoms with Crippen LogP contribution in [0.1, 0.15) is 12.1 Å². The van der Waals surface area contributed by atoms with E-state index in [1.165, 1.54) is 0 Å². The van der Waals surface area contributed by atoms with E-state index < -0.39 is 0 Å². The molecule has 2 aromatic rings. The van der Waals surface area contributed by atoms with Crippen molar-refractivity contribution in [2.75, 3.05) is 25.5 Å². The standard InChI is InChI=1S/C12H18N6/c1-17-5-4-9(7-17)14-11-2-3-12-15-10(6-13)8-18(12)16-11/h2-3,8-9H,4-7,13H2,1H3,(H,14,16). The van der Waals surface area contributed by atoms with Crippen LogP contribution in [0.3, 0.4) is 0 Å². The second-order valence-corrected chi connectivity index (χ2v) is 4.85. The zero-order valence-corrected chi connectivity index (χ0v) is 10.5. The molecule has 1 unspecified atom stereocenters. The maximum absolute atomic E-state index is 5.57. The third kappa shape index (κ3) is 2.16. The summed E-state index contributed by atoms with van der Waals surface area (Å²) in [6, 6.07) is 4.42. The Hall–Kier alpha value is -1.66. The van der Waals surface area contributed by atoms with Gasteiger partial charge in [0.25, 0.3) is 0 Å². The molecule has 0 bridgehead atoms. The average molecular weight is 246 g/mol. The molecule has 0 aromatic carbocycles. The molecule has 1 atom stereocenters. The van der Waals surface area contributed by atoms with Crippen molar-refractivity contribution < 1.29 is 0 Å². The number of imidazole rings is 1. The number of aromatic nitrogens is 3. The molecule has 3 heterocycles. The van der Waals surface area contributed by atoms with Gasteiger partial charge in [-0.25, -0.2) is 9.50 Å². The second kappa shape index (κ2) is 4.55. The van der Waals surface area contributed by atoms with Gasteiger partial charge in [-0.05, 0) is 32.1 Å². The summed E-state index contributed by atoms with van der Waals surface area (Å²) >= 11 is 0. The molecular weight excluding hydrogens is 228 g/mol. The van der Waals surface area contributed by atoms with E-state index in [1.807, 2.05) is 18.3 Å². The second-order valence-electron chi connectivity index (χ2n) is 4.85. The fourth-order valence-corrected chi connectivity index (χ4v) is 2.37. The highest BCUT2D eigenvalue weighted by atomic mass is 15.3. The number of likely N-dealkylation sites (N-methyl/N-ethyl adjacent to an activating group) is 1. The lowest BCUT2D eigenvalue weighted by Gasteiger charge is -2.13. The maximum atomic E-state index is 5.57. The molecule has 0 amide bonds. The van der Waals surface area contributed by atoms with Crippen molar-refractivity contribution >= 4 is 11.5 Å². The van der Waals surface area contributed by atoms with E-state index in [9.17, 15) is 0 Å². The Balaban J connectivity index is 1.80. The molecule has 2 aromatic heterocycles. The van der Waals surface area contributed by atoms with Crippen molar-refractivity contribution in [3.05, 3.63) is 24.0 Å². The molecule has 6 heteroatoms. The van der Waals surface area contributed by atoms with E-state index in [2.05, 4.69) is 27.3 Å². The van der Waals surface area contributed by atoms with Crippen LogP contribution in [0.4, 0.5) is 5.82 Å². The molecule has 1 saturated heterocycles. The predicted molar refractivity (Wildman–Crippen MR) is 70.4 cm³/mol. The smallest absolute Gasteiger partial charge is 0.153 e. The van der Waals surface area contributed by atoms with E-state index in [4.69, 9.17) is 5.73 Å². The van der Waals surface area contributed by atoms with Gasteiger partial charge in [0.15, 0.2) is 5.65 Å². The van der Waals surface area contributed by atoms with E-state index in [0.29, 0.717) is 12.6 Å². The fraction of sp³-hybridized carbons (Fsp3) is 0.500. The summed E-state index contributed by atoms with van der Waals surface area (Å²) in [4.78, 5) is 6.68. The van der Waals surface area contributed by atoms with E-state index in [0.717, 1.165) is 36.7 Å². The minimum atomic E-state index is 0.444. The number of rotatable bonds is 3. The largest absolute Gasteiger partial charge is 0.365 e. The summed E-state index contributed by atoms with van der Waals surface area (Å²) in [5.74, 6) is 0.892. The maximum Gasteiger partial charge on any atom is 0.153 e. The number of nitrogens with zero attached hydrogens (tertiary/aromatic N) is 4. The molecule has 0 saturated carbocycles. The van der Waals surface area contributed by atoms with Crippen LogP contribution in [-0.2, 0) is 6.54 Å². The van der Waals surface area contributed by atoms with Gasteiger partial charge in [0.1, 0.15) is 5.82 Å². The zero-order chi connectivity index (χ0) is 12.5. The Kier molecular flexibility index (Phi) is 2.89. The van der Waals surface area contributed by atoms with Gasteiger partial charge in [0, 0.05) is 19.1 Å². The van der Waals surface area contributed by atoms with Crippen LogP contribution in [0.2, 0.25) is 0 Å². The third-order valence-electron chi connectivity index (χ3n) is 3.32. The quantitative estimate of drug-likeness (QED) is 0.815. The van der Waals surface area contributed by atoms with Crippen LogP contribution in [-0.4, -0.2) is 45.7 Å². The highest BCUT2D eigenvalue weighted by Gasteiger charge is 2.19. The van der Waals surface area contributed by atoms with Crippen molar-refractivity contribution in [1.29, 1.82) is 0 Å². The minimum absolute atomic E-state index is 0.444. The van der Waals surface area contributed by atoms with Gasteiger partial charge in [-0.2, -0.15) is 0 Å². The van der Waals surface area contributed by atoms with Gasteiger partial charge in [-0.15, -0.1) is 5.10 Å². The summed E-state index contributed by atoms with van der Waals surface area (Å²) in [6.07, 6.45) is 3.04. The average Bonchev–Trinajstić information content (AvgIpc) is 2.94. The number of hydrogen-bond acceptors (Lipinski definition) is 5. The van der Waals surface area contributed by atoms with Gasteiger partial charge in [0.05, 0.1) is 11.9 Å². The van der Waals surface area contributed by atoms with Crippen molar-refractivity contribution in [3.8, 4) is 0 Å². The van der Waals surface area contributed by atoms with Gasteiger partial charge < -0.3 is 16.0 Å². The summed E-state index contributed by atoms with van der Waals surface area (Å²) in [6.45, 7) is 2.65. The summed E-state index contributed by atoms with van der Waals surface area (Å²) in [7, 11) is 2.14. The molecule has 0 radical (unpaired) electrons. The fourth-order valence-electron chi connectivity index (χ4n) is 2.37. The van der Waals surface area contributed by atoms with Crippen LogP contribution in [0.5, 0.6) is 0 Å². The van der Waals surface area contributed by atoms with Crippen LogP contribution in [0.15, 0.2) is 18.3 Å². The molecule has 3 rings (SSSR count). The topological polar surface area (TPSA) is 71.5 Å². The Morgan fingerprint density at radius 3 is 3.11 bits per heavy atom. The number of hydrogen-bond donors (Lipinski definition) is 2. The molecular formula is C12H18N6. The number of fused-ring (bicyclic) bond motifs is 1. The summed E-state index contributed by atoms with van der Waals surface area (Å²) < 4.78 is 1.78. The Bertz CT molecular complexity index is 548. The van der Waals surface area contributed by atoms with Crippen molar-refractivity contribution in [2.45, 2.75) is 19.0 Å². The van der Waals surface area contributed by atoms with E-state index >= 15 is 0 Å². The Morgan fingerprint density at radius 2 is 2.39 bits per heavy atom. The first-order valence-corrected chi connectivity index (χ1v) is 6.25. The lowest BCUT2D eigenvalue weighted by atomic mass is 10.2. The zero-order valence-electron chi connectivity index (χ0n) is 10.5. The van der Waals surface area contributed by atoms with Crippen LogP contribution in [0.25, 0.3) is 5.65 Å². The molecule has 0 spiro atoms. The SMILES string of the molecule is CN1CCC(Nc2ccc3nc(CN)cn3n2)C1. The van der Waals surface area contributed by atoms with Gasteiger partial charge in [0.2, 0.25) is 0 Å². The third-order valence-corrected chi connectivity index (χ3v) is 3.32. The predicted octanol–water partition coefficient (Wildman–Crippen LogP) is 0.304. The normalized spacial score (nSPS) is 20.7. The van der Waals surface area contributed by atoms with Gasteiger partial charge in [-0.1, -0.05) is 0 Å². The van der Waals surface area contributed by atoms with E-state index in [-0.39, 0.29) is 0 Å². The van der Waals surface area contributed by atoms with Crippen LogP contribution >= 0.6 is 0 Å². The van der Waals surface area contributed by atoms with Crippen molar-refractivity contribution in [2.24, 2.45) is 5.73 Å². The molecule has 1 fully saturated rings. The van der Waals surface area contributed by atoms with Gasteiger partial charge >= 0.3 is 0 Å². The number of nitrogens with one attached hydrogen (secondary N) is 1. The number of likely N-dealkylation sites (tertiary alicyclic amines) is 1. The molecule has 96 valence electrons. The number of anilines is 1. The molecule has 0 aliphatic carbocycles.